The van der Waals surface area contributed by atoms with Crippen molar-refractivity contribution in [2.75, 3.05) is 0 Å². The molecule has 0 saturated heterocycles. The van der Waals surface area contributed by atoms with Gasteiger partial charge in [-0.05, 0) is 37.3 Å². The third-order valence-corrected chi connectivity index (χ3v) is 5.83. The lowest BCUT2D eigenvalue weighted by Crippen LogP contribution is -2.28. The maximum atomic E-state index is 10.4. The molecule has 0 aliphatic heterocycles. The minimum absolute atomic E-state index is 0.178. The van der Waals surface area contributed by atoms with Gasteiger partial charge in [-0.15, -0.1) is 0 Å². The van der Waals surface area contributed by atoms with Crippen molar-refractivity contribution < 1.29 is 17.5 Å². The molecule has 0 saturated carbocycles. The summed E-state index contributed by atoms with van der Waals surface area (Å²) < 4.78 is 35.3. The quantitative estimate of drug-likeness (QED) is 0.382. The number of rotatable bonds is 2. The van der Waals surface area contributed by atoms with Crippen molar-refractivity contribution in [1.29, 1.82) is 0 Å². The lowest BCUT2D eigenvalue weighted by atomic mass is 10.2. The molecule has 140 valence electrons. The number of hydrogen-bond acceptors (Lipinski definition) is 5. The molecule has 0 fully saturated rings. The molecular weight excluding hydrogens is 382 g/mol. The predicted molar refractivity (Wildman–Crippen MR) is 104 cm³/mol. The van der Waals surface area contributed by atoms with Crippen LogP contribution in [-0.2, 0) is 17.2 Å². The Hall–Kier alpha value is -2.55. The van der Waals surface area contributed by atoms with Crippen LogP contribution in [0.25, 0.3) is 16.2 Å². The maximum absolute atomic E-state index is 10.4. The molecule has 0 spiro atoms. The second-order valence-corrected chi connectivity index (χ2v) is 8.59. The fourth-order valence-electron chi connectivity index (χ4n) is 2.59. The Morgan fingerprint density at radius 3 is 2.22 bits per heavy atom. The number of benzene rings is 2. The molecule has 27 heavy (non-hydrogen) atoms. The van der Waals surface area contributed by atoms with Crippen molar-refractivity contribution in [3.8, 4) is 11.3 Å². The molecule has 4 aromatic rings. The van der Waals surface area contributed by atoms with E-state index in [4.69, 9.17) is 0 Å². The van der Waals surface area contributed by atoms with E-state index in [1.165, 1.54) is 23.4 Å². The van der Waals surface area contributed by atoms with E-state index < -0.39 is 10.1 Å². The van der Waals surface area contributed by atoms with E-state index in [0.717, 1.165) is 15.5 Å². The van der Waals surface area contributed by atoms with E-state index in [-0.39, 0.29) is 4.90 Å². The smallest absolute Gasteiger partial charge is 0.368 e. The lowest BCUT2D eigenvalue weighted by molar-refractivity contribution is -0.631. The van der Waals surface area contributed by atoms with Crippen LogP contribution in [0.1, 0.15) is 10.6 Å². The first-order chi connectivity index (χ1) is 12.8. The molecule has 0 aliphatic rings. The largest absolute Gasteiger partial charge is 0.744 e. The van der Waals surface area contributed by atoms with Gasteiger partial charge in [0.15, 0.2) is 11.9 Å². The monoisotopic (exact) mass is 401 g/mol. The van der Waals surface area contributed by atoms with Crippen LogP contribution in [0.2, 0.25) is 0 Å². The summed E-state index contributed by atoms with van der Waals surface area (Å²) in [5.41, 5.74) is 3.34. The molecule has 6 nitrogen and oxygen atoms in total. The van der Waals surface area contributed by atoms with Crippen molar-refractivity contribution >= 4 is 26.4 Å². The van der Waals surface area contributed by atoms with Gasteiger partial charge in [0, 0.05) is 5.56 Å². The van der Waals surface area contributed by atoms with Gasteiger partial charge in [-0.25, -0.2) is 13.0 Å². The molecule has 2 aromatic carbocycles. The van der Waals surface area contributed by atoms with Crippen molar-refractivity contribution in [3.63, 3.8) is 0 Å². The fraction of sp³-hybridized carbons (Fsp3) is 0.158. The second-order valence-electron chi connectivity index (χ2n) is 6.05. The number of aromatic nitrogens is 3. The molecule has 2 heterocycles. The van der Waals surface area contributed by atoms with Crippen molar-refractivity contribution in [1.82, 2.24) is 9.61 Å². The Balaban J connectivity index is 0.000000168. The Bertz CT molecular complexity index is 1160. The van der Waals surface area contributed by atoms with Gasteiger partial charge in [-0.2, -0.15) is 0 Å². The summed E-state index contributed by atoms with van der Waals surface area (Å²) in [6.07, 6.45) is 2.08. The number of aryl methyl sites for hydroxylation is 3. The zero-order valence-corrected chi connectivity index (χ0v) is 16.8. The maximum Gasteiger partial charge on any atom is 0.368 e. The van der Waals surface area contributed by atoms with Crippen LogP contribution >= 0.6 is 11.3 Å². The summed E-state index contributed by atoms with van der Waals surface area (Å²) in [4.78, 5) is 0.986. The second kappa shape index (κ2) is 7.59. The molecule has 0 aliphatic carbocycles. The summed E-state index contributed by atoms with van der Waals surface area (Å²) in [7, 11) is -2.19. The minimum atomic E-state index is -4.27. The third-order valence-electron chi connectivity index (χ3n) is 3.96. The molecular formula is C19H19N3O3S2. The summed E-state index contributed by atoms with van der Waals surface area (Å²) in [6, 6.07) is 16.2. The van der Waals surface area contributed by atoms with Gasteiger partial charge in [0.05, 0.1) is 11.9 Å². The van der Waals surface area contributed by atoms with Gasteiger partial charge >= 0.3 is 4.96 Å². The van der Waals surface area contributed by atoms with Crippen LogP contribution in [0.5, 0.6) is 0 Å². The van der Waals surface area contributed by atoms with Crippen molar-refractivity contribution in [3.05, 3.63) is 71.4 Å². The van der Waals surface area contributed by atoms with Crippen LogP contribution in [0.3, 0.4) is 0 Å². The van der Waals surface area contributed by atoms with Crippen LogP contribution in [0.4, 0.5) is 0 Å². The standard InChI is InChI=1S/C12H12N3S.C7H8O3S/c1-9-13-15-8-11(14(2)12(15)16-9)10-6-4-3-5-7-10;1-6-2-4-7(5-3-6)11(8,9)10/h3-8H,1-2H3;2-5H,1H3,(H,8,9,10)/q+1;/p-1. The molecule has 8 heteroatoms. The molecule has 0 radical (unpaired) electrons. The first-order valence-electron chi connectivity index (χ1n) is 8.18. The van der Waals surface area contributed by atoms with Gasteiger partial charge < -0.3 is 4.55 Å². The van der Waals surface area contributed by atoms with Gasteiger partial charge in [-0.1, -0.05) is 57.6 Å². The molecule has 2 aromatic heterocycles. The predicted octanol–water partition coefficient (Wildman–Crippen LogP) is 3.09. The third kappa shape index (κ3) is 4.41. The molecule has 0 bridgehead atoms. The average molecular weight is 402 g/mol. The van der Waals surface area contributed by atoms with Crippen molar-refractivity contribution in [2.45, 2.75) is 18.7 Å². The first-order valence-corrected chi connectivity index (χ1v) is 10.4. The molecule has 4 rings (SSSR count). The van der Waals surface area contributed by atoms with Crippen LogP contribution in [0.15, 0.2) is 65.7 Å². The SMILES string of the molecule is Cc1ccc(S(=O)(=O)[O-])cc1.Cc1nn2cc(-c3ccccc3)[n+](C)c2s1. The molecule has 0 atom stereocenters. The van der Waals surface area contributed by atoms with E-state index in [9.17, 15) is 13.0 Å². The highest BCUT2D eigenvalue weighted by molar-refractivity contribution is 7.85. The Morgan fingerprint density at radius 1 is 1.04 bits per heavy atom. The first kappa shape index (κ1) is 19.2. The Kier molecular flexibility index (Phi) is 5.41. The van der Waals surface area contributed by atoms with E-state index in [1.54, 1.807) is 23.5 Å². The van der Waals surface area contributed by atoms with Crippen LogP contribution in [-0.4, -0.2) is 22.6 Å². The van der Waals surface area contributed by atoms with Gasteiger partial charge in [0.25, 0.3) is 0 Å². The average Bonchev–Trinajstić information content (AvgIpc) is 3.13. The molecule has 0 N–H and O–H groups in total. The van der Waals surface area contributed by atoms with Gasteiger partial charge in [0.2, 0.25) is 0 Å². The Labute approximate surface area is 162 Å². The minimum Gasteiger partial charge on any atom is -0.744 e. The van der Waals surface area contributed by atoms with E-state index in [2.05, 4.69) is 47.2 Å². The number of fused-ring (bicyclic) bond motifs is 1. The topological polar surface area (TPSA) is 78.4 Å². The number of hydrogen-bond donors (Lipinski definition) is 0. The Morgan fingerprint density at radius 2 is 1.67 bits per heavy atom. The van der Waals surface area contributed by atoms with E-state index in [1.807, 2.05) is 24.4 Å². The summed E-state index contributed by atoms with van der Waals surface area (Å²) >= 11 is 1.71. The zero-order valence-electron chi connectivity index (χ0n) is 15.2. The summed E-state index contributed by atoms with van der Waals surface area (Å²) in [6.45, 7) is 3.85. The lowest BCUT2D eigenvalue weighted by Gasteiger charge is -2.05. The van der Waals surface area contributed by atoms with E-state index >= 15 is 0 Å². The number of imidazole rings is 1. The molecule has 0 unspecified atom stereocenters. The zero-order chi connectivity index (χ0) is 19.6. The fourth-order valence-corrected chi connectivity index (χ4v) is 3.87. The van der Waals surface area contributed by atoms with Gasteiger partial charge in [-0.3, -0.25) is 0 Å². The highest BCUT2D eigenvalue weighted by Crippen LogP contribution is 2.19. The normalized spacial score (nSPS) is 11.3. The highest BCUT2D eigenvalue weighted by atomic mass is 32.2. The van der Waals surface area contributed by atoms with Crippen molar-refractivity contribution in [2.24, 2.45) is 7.05 Å². The number of nitrogens with zero attached hydrogens (tertiary/aromatic N) is 3. The van der Waals surface area contributed by atoms with Crippen LogP contribution < -0.4 is 4.57 Å². The highest BCUT2D eigenvalue weighted by Gasteiger charge is 2.19. The van der Waals surface area contributed by atoms with Gasteiger partial charge in [0.1, 0.15) is 15.1 Å². The summed E-state index contributed by atoms with van der Waals surface area (Å²) in [5, 5.41) is 5.52. The summed E-state index contributed by atoms with van der Waals surface area (Å²) in [5.74, 6) is 0. The molecule has 0 amide bonds. The van der Waals surface area contributed by atoms with E-state index in [0.29, 0.717) is 0 Å². The van der Waals surface area contributed by atoms with Crippen LogP contribution in [0, 0.1) is 13.8 Å².